The van der Waals surface area contributed by atoms with Crippen molar-refractivity contribution in [2.75, 3.05) is 13.2 Å². The van der Waals surface area contributed by atoms with Crippen LogP contribution in [0.3, 0.4) is 0 Å². The molecule has 2 bridgehead atoms. The summed E-state index contributed by atoms with van der Waals surface area (Å²) in [6, 6.07) is 0. The van der Waals surface area contributed by atoms with E-state index in [1.54, 1.807) is 13.8 Å². The first-order valence-electron chi connectivity index (χ1n) is 6.24. The molecule has 0 saturated heterocycles. The van der Waals surface area contributed by atoms with Gasteiger partial charge in [-0.3, -0.25) is 13.6 Å². The molecule has 0 N–H and O–H groups in total. The summed E-state index contributed by atoms with van der Waals surface area (Å²) in [7, 11) is -3.30. The maximum absolute atomic E-state index is 12.2. The van der Waals surface area contributed by atoms with E-state index >= 15 is 0 Å². The molecular weight excluding hydrogens is 227 g/mol. The van der Waals surface area contributed by atoms with Crippen molar-refractivity contribution in [1.29, 1.82) is 0 Å². The van der Waals surface area contributed by atoms with Gasteiger partial charge in [-0.05, 0) is 51.4 Å². The number of fused-ring (bicyclic) bond motifs is 2. The fourth-order valence-electron chi connectivity index (χ4n) is 2.90. The fraction of sp³-hybridized carbons (Fsp3) is 1.00. The molecule has 0 heterocycles. The standard InChI is InChI=1S/C11H21O4P/c1-3-13-16(12,14-4-2)15-11-8-9-5-6-10(11)7-9/h9-11H,3-8H2,1-2H3/t9-,10-,11-/m1/s1. The summed E-state index contributed by atoms with van der Waals surface area (Å²) >= 11 is 0. The highest BCUT2D eigenvalue weighted by Gasteiger charge is 2.44. The van der Waals surface area contributed by atoms with Gasteiger partial charge in [0.2, 0.25) is 0 Å². The van der Waals surface area contributed by atoms with Crippen LogP contribution in [0.5, 0.6) is 0 Å². The lowest BCUT2D eigenvalue weighted by molar-refractivity contribution is 0.0578. The lowest BCUT2D eigenvalue weighted by Gasteiger charge is -2.26. The molecular formula is C11H21O4P. The molecule has 16 heavy (non-hydrogen) atoms. The van der Waals surface area contributed by atoms with Gasteiger partial charge < -0.3 is 0 Å². The van der Waals surface area contributed by atoms with Gasteiger partial charge in [0.15, 0.2) is 0 Å². The lowest BCUT2D eigenvalue weighted by Crippen LogP contribution is -2.20. The second kappa shape index (κ2) is 5.18. The fourth-order valence-corrected chi connectivity index (χ4v) is 4.31. The van der Waals surface area contributed by atoms with Crippen LogP contribution < -0.4 is 0 Å². The average Bonchev–Trinajstić information content (AvgIpc) is 2.79. The molecule has 0 spiro atoms. The van der Waals surface area contributed by atoms with Gasteiger partial charge in [-0.1, -0.05) is 0 Å². The number of phosphoric acid groups is 1. The topological polar surface area (TPSA) is 44.8 Å². The minimum Gasteiger partial charge on any atom is -0.287 e. The molecule has 0 aliphatic heterocycles. The van der Waals surface area contributed by atoms with Crippen LogP contribution in [0.1, 0.15) is 39.5 Å². The number of rotatable bonds is 6. The van der Waals surface area contributed by atoms with E-state index in [1.165, 1.54) is 19.3 Å². The van der Waals surface area contributed by atoms with E-state index in [9.17, 15) is 4.57 Å². The van der Waals surface area contributed by atoms with Crippen LogP contribution in [-0.4, -0.2) is 19.3 Å². The Balaban J connectivity index is 1.93. The first-order chi connectivity index (χ1) is 7.67. The molecule has 3 atom stereocenters. The Morgan fingerprint density at radius 3 is 2.25 bits per heavy atom. The van der Waals surface area contributed by atoms with Gasteiger partial charge >= 0.3 is 7.82 Å². The Morgan fingerprint density at radius 2 is 1.81 bits per heavy atom. The molecule has 2 aliphatic carbocycles. The van der Waals surface area contributed by atoms with Crippen molar-refractivity contribution in [3.8, 4) is 0 Å². The van der Waals surface area contributed by atoms with E-state index in [0.29, 0.717) is 19.1 Å². The SMILES string of the molecule is CCOP(=O)(OCC)O[C@@H]1C[C@@H]2CC[C@@H]1C2. The van der Waals surface area contributed by atoms with Gasteiger partial charge in [-0.2, -0.15) is 0 Å². The molecule has 2 rings (SSSR count). The zero-order valence-electron chi connectivity index (χ0n) is 10.1. The van der Waals surface area contributed by atoms with Gasteiger partial charge in [0, 0.05) is 0 Å². The molecule has 0 aromatic carbocycles. The Bertz CT molecular complexity index is 271. The van der Waals surface area contributed by atoms with Crippen LogP contribution >= 0.6 is 7.82 Å². The summed E-state index contributed by atoms with van der Waals surface area (Å²) in [4.78, 5) is 0. The first-order valence-corrected chi connectivity index (χ1v) is 7.70. The Kier molecular flexibility index (Phi) is 4.06. The van der Waals surface area contributed by atoms with E-state index in [2.05, 4.69) is 0 Å². The molecule has 2 fully saturated rings. The number of hydrogen-bond acceptors (Lipinski definition) is 4. The Morgan fingerprint density at radius 1 is 1.12 bits per heavy atom. The summed E-state index contributed by atoms with van der Waals surface area (Å²) in [5.41, 5.74) is 0. The molecule has 94 valence electrons. The zero-order valence-corrected chi connectivity index (χ0v) is 10.9. The van der Waals surface area contributed by atoms with Crippen molar-refractivity contribution in [1.82, 2.24) is 0 Å². The van der Waals surface area contributed by atoms with Crippen molar-refractivity contribution in [3.63, 3.8) is 0 Å². The van der Waals surface area contributed by atoms with Crippen LogP contribution in [0.15, 0.2) is 0 Å². The second-order valence-electron chi connectivity index (χ2n) is 4.60. The van der Waals surface area contributed by atoms with E-state index in [0.717, 1.165) is 12.3 Å². The van der Waals surface area contributed by atoms with Crippen molar-refractivity contribution >= 4 is 7.82 Å². The highest BCUT2D eigenvalue weighted by Crippen LogP contribution is 2.56. The lowest BCUT2D eigenvalue weighted by atomic mass is 9.98. The summed E-state index contributed by atoms with van der Waals surface area (Å²) in [6.07, 6.45) is 4.84. The van der Waals surface area contributed by atoms with Gasteiger partial charge in [-0.25, -0.2) is 4.57 Å². The molecule has 2 saturated carbocycles. The average molecular weight is 248 g/mol. The van der Waals surface area contributed by atoms with E-state index in [4.69, 9.17) is 13.6 Å². The minimum atomic E-state index is -3.30. The second-order valence-corrected chi connectivity index (χ2v) is 6.22. The predicted molar refractivity (Wildman–Crippen MR) is 61.2 cm³/mol. The van der Waals surface area contributed by atoms with Crippen molar-refractivity contribution < 1.29 is 18.1 Å². The summed E-state index contributed by atoms with van der Waals surface area (Å²) in [6.45, 7) is 4.32. The molecule has 2 aliphatic rings. The summed E-state index contributed by atoms with van der Waals surface area (Å²) < 4.78 is 28.1. The van der Waals surface area contributed by atoms with Gasteiger partial charge in [0.1, 0.15) is 0 Å². The van der Waals surface area contributed by atoms with E-state index in [1.807, 2.05) is 0 Å². The number of hydrogen-bond donors (Lipinski definition) is 0. The first kappa shape index (κ1) is 12.6. The maximum atomic E-state index is 12.2. The third kappa shape index (κ3) is 2.67. The van der Waals surface area contributed by atoms with E-state index in [-0.39, 0.29) is 6.10 Å². The third-order valence-corrected chi connectivity index (χ3v) is 5.19. The van der Waals surface area contributed by atoms with Crippen LogP contribution in [0.25, 0.3) is 0 Å². The Labute approximate surface area is 97.3 Å². The molecule has 4 nitrogen and oxygen atoms in total. The van der Waals surface area contributed by atoms with Crippen molar-refractivity contribution in [2.24, 2.45) is 11.8 Å². The predicted octanol–water partition coefficient (Wildman–Crippen LogP) is 3.37. The Hall–Kier alpha value is 0.110. The normalized spacial score (nSPS) is 33.5. The molecule has 0 aromatic rings. The van der Waals surface area contributed by atoms with Gasteiger partial charge in [0.25, 0.3) is 0 Å². The molecule has 0 aromatic heterocycles. The minimum absolute atomic E-state index is 0.0858. The van der Waals surface area contributed by atoms with Gasteiger partial charge in [-0.15, -0.1) is 0 Å². The molecule has 0 radical (unpaired) electrons. The zero-order chi connectivity index (χ0) is 11.6. The van der Waals surface area contributed by atoms with Crippen LogP contribution in [0.2, 0.25) is 0 Å². The van der Waals surface area contributed by atoms with Gasteiger partial charge in [0.05, 0.1) is 19.3 Å². The largest absolute Gasteiger partial charge is 0.475 e. The summed E-state index contributed by atoms with van der Waals surface area (Å²) in [5.74, 6) is 1.34. The quantitative estimate of drug-likeness (QED) is 0.676. The molecule has 5 heteroatoms. The number of phosphoric ester groups is 1. The highest BCUT2D eigenvalue weighted by molar-refractivity contribution is 7.48. The molecule has 0 amide bonds. The monoisotopic (exact) mass is 248 g/mol. The molecule has 0 unspecified atom stereocenters. The highest BCUT2D eigenvalue weighted by atomic mass is 31.2. The third-order valence-electron chi connectivity index (χ3n) is 3.51. The maximum Gasteiger partial charge on any atom is 0.475 e. The van der Waals surface area contributed by atoms with E-state index < -0.39 is 7.82 Å². The smallest absolute Gasteiger partial charge is 0.287 e. The summed E-state index contributed by atoms with van der Waals surface area (Å²) in [5, 5.41) is 0. The van der Waals surface area contributed by atoms with Crippen LogP contribution in [-0.2, 0) is 18.1 Å². The van der Waals surface area contributed by atoms with Crippen molar-refractivity contribution in [2.45, 2.75) is 45.6 Å². The van der Waals surface area contributed by atoms with Crippen LogP contribution in [0.4, 0.5) is 0 Å². The van der Waals surface area contributed by atoms with Crippen LogP contribution in [0, 0.1) is 11.8 Å². The van der Waals surface area contributed by atoms with Crippen molar-refractivity contribution in [3.05, 3.63) is 0 Å².